The predicted octanol–water partition coefficient (Wildman–Crippen LogP) is 1.03. The molecule has 1 saturated carbocycles. The molecule has 13 heavy (non-hydrogen) atoms. The van der Waals surface area contributed by atoms with Gasteiger partial charge in [0.1, 0.15) is 6.61 Å². The number of hydrogen-bond acceptors (Lipinski definition) is 3. The van der Waals surface area contributed by atoms with Crippen molar-refractivity contribution in [2.75, 3.05) is 13.7 Å². The minimum absolute atomic E-state index is 0.0418. The third-order valence-electron chi connectivity index (χ3n) is 3.36. The Morgan fingerprint density at radius 1 is 1.54 bits per heavy atom. The smallest absolute Gasteiger partial charge is 0.307 e. The lowest BCUT2D eigenvalue weighted by Gasteiger charge is -2.28. The molecule has 1 heterocycles. The molecule has 2 atom stereocenters. The molecule has 2 aliphatic rings. The predicted molar refractivity (Wildman–Crippen MR) is 49.3 cm³/mol. The monoisotopic (exact) mass is 183 g/mol. The van der Waals surface area contributed by atoms with E-state index in [0.717, 1.165) is 5.92 Å². The summed E-state index contributed by atoms with van der Waals surface area (Å²) in [5, 5.41) is 0. The van der Waals surface area contributed by atoms with Crippen LogP contribution >= 0.6 is 0 Å². The van der Waals surface area contributed by atoms with E-state index in [2.05, 4.69) is 18.9 Å². The molecule has 1 saturated heterocycles. The third kappa shape index (κ3) is 1.85. The third-order valence-corrected chi connectivity index (χ3v) is 3.36. The maximum Gasteiger partial charge on any atom is 0.307 e. The maximum absolute atomic E-state index is 10.9. The van der Waals surface area contributed by atoms with Gasteiger partial charge in [-0.25, -0.2) is 0 Å². The summed E-state index contributed by atoms with van der Waals surface area (Å²) in [7, 11) is 2.11. The van der Waals surface area contributed by atoms with Crippen molar-refractivity contribution in [2.24, 2.45) is 5.92 Å². The first-order valence-corrected chi connectivity index (χ1v) is 5.06. The highest BCUT2D eigenvalue weighted by Crippen LogP contribution is 2.35. The van der Waals surface area contributed by atoms with E-state index in [4.69, 9.17) is 4.74 Å². The van der Waals surface area contributed by atoms with Gasteiger partial charge in [0.2, 0.25) is 0 Å². The first-order valence-electron chi connectivity index (χ1n) is 5.06. The molecular weight excluding hydrogens is 166 g/mol. The summed E-state index contributed by atoms with van der Waals surface area (Å²) in [4.78, 5) is 13.2. The van der Waals surface area contributed by atoms with Crippen molar-refractivity contribution in [3.05, 3.63) is 0 Å². The normalized spacial score (nSPS) is 30.7. The van der Waals surface area contributed by atoms with Crippen molar-refractivity contribution in [3.63, 3.8) is 0 Å². The molecule has 1 aliphatic heterocycles. The van der Waals surface area contributed by atoms with Gasteiger partial charge in [0.05, 0.1) is 12.5 Å². The molecule has 1 aliphatic carbocycles. The molecule has 0 aromatic rings. The molecule has 0 aromatic carbocycles. The van der Waals surface area contributed by atoms with Crippen LogP contribution in [0, 0.1) is 5.92 Å². The lowest BCUT2D eigenvalue weighted by Crippen LogP contribution is -2.40. The molecule has 0 radical (unpaired) electrons. The Balaban J connectivity index is 1.88. The van der Waals surface area contributed by atoms with Crippen LogP contribution in [-0.2, 0) is 9.53 Å². The lowest BCUT2D eigenvalue weighted by atomic mass is 10.1. The van der Waals surface area contributed by atoms with E-state index in [-0.39, 0.29) is 5.97 Å². The van der Waals surface area contributed by atoms with E-state index in [1.165, 1.54) is 12.8 Å². The van der Waals surface area contributed by atoms with Crippen LogP contribution in [0.2, 0.25) is 0 Å². The molecule has 2 fully saturated rings. The number of ether oxygens (including phenoxy) is 1. The summed E-state index contributed by atoms with van der Waals surface area (Å²) in [5.41, 5.74) is 0. The first-order chi connectivity index (χ1) is 6.18. The molecule has 0 aromatic heterocycles. The Kier molecular flexibility index (Phi) is 2.28. The number of cyclic esters (lactones) is 1. The number of likely N-dealkylation sites (N-methyl/N-ethyl adjacent to an activating group) is 1. The largest absolute Gasteiger partial charge is 0.464 e. The van der Waals surface area contributed by atoms with Crippen LogP contribution in [-0.4, -0.2) is 36.6 Å². The molecule has 2 rings (SSSR count). The number of nitrogens with zero attached hydrogens (tertiary/aromatic N) is 1. The zero-order chi connectivity index (χ0) is 9.42. The van der Waals surface area contributed by atoms with Crippen molar-refractivity contribution in [1.29, 1.82) is 0 Å². The maximum atomic E-state index is 10.9. The van der Waals surface area contributed by atoms with Crippen LogP contribution < -0.4 is 0 Å². The van der Waals surface area contributed by atoms with Crippen LogP contribution in [0.15, 0.2) is 0 Å². The summed E-state index contributed by atoms with van der Waals surface area (Å²) < 4.78 is 4.96. The summed E-state index contributed by atoms with van der Waals surface area (Å²) >= 11 is 0. The van der Waals surface area contributed by atoms with Crippen molar-refractivity contribution < 1.29 is 9.53 Å². The number of carbonyl (C=O) groups is 1. The van der Waals surface area contributed by atoms with Crippen molar-refractivity contribution >= 4 is 5.97 Å². The Hall–Kier alpha value is -0.570. The summed E-state index contributed by atoms with van der Waals surface area (Å²) in [6.45, 7) is 2.84. The van der Waals surface area contributed by atoms with Gasteiger partial charge in [-0.3, -0.25) is 9.69 Å². The SMILES string of the molecule is CC(C1CC1)N(C)C1COC(=O)C1. The van der Waals surface area contributed by atoms with Gasteiger partial charge in [-0.2, -0.15) is 0 Å². The number of rotatable bonds is 3. The van der Waals surface area contributed by atoms with Crippen LogP contribution in [0.25, 0.3) is 0 Å². The Morgan fingerprint density at radius 3 is 2.69 bits per heavy atom. The topological polar surface area (TPSA) is 29.5 Å². The highest BCUT2D eigenvalue weighted by molar-refractivity contribution is 5.72. The fourth-order valence-electron chi connectivity index (χ4n) is 2.00. The molecule has 0 N–H and O–H groups in total. The highest BCUT2D eigenvalue weighted by atomic mass is 16.5. The highest BCUT2D eigenvalue weighted by Gasteiger charge is 2.36. The summed E-state index contributed by atoms with van der Waals surface area (Å²) in [5.74, 6) is 0.820. The second-order valence-corrected chi connectivity index (χ2v) is 4.28. The van der Waals surface area contributed by atoms with E-state index in [0.29, 0.717) is 25.1 Å². The van der Waals surface area contributed by atoms with E-state index in [1.54, 1.807) is 0 Å². The van der Waals surface area contributed by atoms with Gasteiger partial charge >= 0.3 is 5.97 Å². The van der Waals surface area contributed by atoms with E-state index in [9.17, 15) is 4.79 Å². The number of carbonyl (C=O) groups excluding carboxylic acids is 1. The zero-order valence-corrected chi connectivity index (χ0v) is 8.32. The van der Waals surface area contributed by atoms with Crippen molar-refractivity contribution in [2.45, 2.75) is 38.3 Å². The average molecular weight is 183 g/mol. The summed E-state index contributed by atoms with van der Waals surface area (Å²) in [6, 6.07) is 0.933. The molecule has 0 amide bonds. The van der Waals surface area contributed by atoms with Crippen LogP contribution in [0.4, 0.5) is 0 Å². The molecular formula is C10H17NO2. The van der Waals surface area contributed by atoms with E-state index < -0.39 is 0 Å². The van der Waals surface area contributed by atoms with Crippen molar-refractivity contribution in [1.82, 2.24) is 4.90 Å². The van der Waals surface area contributed by atoms with E-state index >= 15 is 0 Å². The van der Waals surface area contributed by atoms with Gasteiger partial charge in [0.25, 0.3) is 0 Å². The molecule has 0 bridgehead atoms. The molecule has 3 nitrogen and oxygen atoms in total. The van der Waals surface area contributed by atoms with Crippen LogP contribution in [0.3, 0.4) is 0 Å². The van der Waals surface area contributed by atoms with Gasteiger partial charge < -0.3 is 4.74 Å². The zero-order valence-electron chi connectivity index (χ0n) is 8.32. The van der Waals surface area contributed by atoms with E-state index in [1.807, 2.05) is 0 Å². The second-order valence-electron chi connectivity index (χ2n) is 4.28. The average Bonchev–Trinajstić information content (AvgIpc) is 2.87. The molecule has 3 heteroatoms. The van der Waals surface area contributed by atoms with Gasteiger partial charge in [0.15, 0.2) is 0 Å². The standard InChI is InChI=1S/C10H17NO2/c1-7(8-3-4-8)11(2)9-5-10(12)13-6-9/h7-9H,3-6H2,1-2H3. The first kappa shape index (κ1) is 9.00. The van der Waals surface area contributed by atoms with Gasteiger partial charge in [-0.15, -0.1) is 0 Å². The summed E-state index contributed by atoms with van der Waals surface area (Å²) in [6.07, 6.45) is 3.29. The minimum atomic E-state index is -0.0418. The quantitative estimate of drug-likeness (QED) is 0.612. The van der Waals surface area contributed by atoms with Crippen molar-refractivity contribution in [3.8, 4) is 0 Å². The van der Waals surface area contributed by atoms with Crippen LogP contribution in [0.1, 0.15) is 26.2 Å². The minimum Gasteiger partial charge on any atom is -0.464 e. The fraction of sp³-hybridized carbons (Fsp3) is 0.900. The Morgan fingerprint density at radius 2 is 2.23 bits per heavy atom. The van der Waals surface area contributed by atoms with Gasteiger partial charge in [-0.1, -0.05) is 0 Å². The van der Waals surface area contributed by atoms with Crippen LogP contribution in [0.5, 0.6) is 0 Å². The second kappa shape index (κ2) is 3.29. The van der Waals surface area contributed by atoms with Gasteiger partial charge in [-0.05, 0) is 32.7 Å². The van der Waals surface area contributed by atoms with Gasteiger partial charge in [0, 0.05) is 6.04 Å². The number of esters is 1. The lowest BCUT2D eigenvalue weighted by molar-refractivity contribution is -0.137. The Bertz CT molecular complexity index is 213. The number of hydrogen-bond donors (Lipinski definition) is 0. The fourth-order valence-corrected chi connectivity index (χ4v) is 2.00. The molecule has 74 valence electrons. The Labute approximate surface area is 79.0 Å². The molecule has 2 unspecified atom stereocenters. The molecule has 0 spiro atoms.